The predicted molar refractivity (Wildman–Crippen MR) is 86.0 cm³/mol. The number of amides is 1. The number of aliphatic imine (C=N–C) groups is 1. The van der Waals surface area contributed by atoms with Gasteiger partial charge in [0.15, 0.2) is 16.6 Å². The molecule has 0 spiro atoms. The van der Waals surface area contributed by atoms with Crippen molar-refractivity contribution in [3.05, 3.63) is 35.5 Å². The molecule has 2 rings (SSSR count). The fourth-order valence-corrected chi connectivity index (χ4v) is 2.66. The number of amidine groups is 1. The van der Waals surface area contributed by atoms with Crippen molar-refractivity contribution >= 4 is 29.2 Å². The van der Waals surface area contributed by atoms with Crippen LogP contribution in [0.3, 0.4) is 0 Å². The maximum absolute atomic E-state index is 12.7. The lowest BCUT2D eigenvalue weighted by atomic mass is 10.2. The number of carbonyl (C=O) groups excluding carboxylic acids is 1. The highest BCUT2D eigenvalue weighted by Gasteiger charge is 2.17. The van der Waals surface area contributed by atoms with Crippen LogP contribution in [0.15, 0.2) is 38.9 Å². The van der Waals surface area contributed by atoms with Gasteiger partial charge in [0.05, 0.1) is 5.69 Å². The van der Waals surface area contributed by atoms with Gasteiger partial charge in [0, 0.05) is 17.7 Å². The highest BCUT2D eigenvalue weighted by molar-refractivity contribution is 7.99. The molecule has 0 radical (unpaired) electrons. The number of alkyl halides is 2. The number of nitrogens with two attached hydrogens (primary N) is 1. The van der Waals surface area contributed by atoms with E-state index in [0.717, 1.165) is 0 Å². The molecule has 0 aliphatic carbocycles. The van der Waals surface area contributed by atoms with Crippen molar-refractivity contribution in [3.8, 4) is 0 Å². The molecule has 1 aromatic carbocycles. The fraction of sp³-hybridized carbons (Fsp3) is 0.286. The first-order valence-corrected chi connectivity index (χ1v) is 8.10. The number of rotatable bonds is 8. The second-order valence-electron chi connectivity index (χ2n) is 4.80. The van der Waals surface area contributed by atoms with Crippen LogP contribution in [0.4, 0.5) is 14.5 Å². The van der Waals surface area contributed by atoms with Crippen LogP contribution < -0.4 is 11.2 Å². The Kier molecular flexibility index (Phi) is 6.83. The van der Waals surface area contributed by atoms with E-state index in [0.29, 0.717) is 17.2 Å². The average Bonchev–Trinajstić information content (AvgIpc) is 3.05. The zero-order valence-electron chi connectivity index (χ0n) is 12.9. The number of benzene rings is 1. The van der Waals surface area contributed by atoms with E-state index in [1.54, 1.807) is 0 Å². The summed E-state index contributed by atoms with van der Waals surface area (Å²) in [7, 11) is 0. The molecule has 4 N–H and O–H groups in total. The van der Waals surface area contributed by atoms with Crippen molar-refractivity contribution in [1.82, 2.24) is 15.8 Å². The van der Waals surface area contributed by atoms with Gasteiger partial charge in [-0.05, 0) is 28.9 Å². The zero-order chi connectivity index (χ0) is 18.2. The Morgan fingerprint density at radius 1 is 1.44 bits per heavy atom. The lowest BCUT2D eigenvalue weighted by Crippen LogP contribution is -2.21. The molecule has 1 heterocycles. The van der Waals surface area contributed by atoms with Gasteiger partial charge >= 0.3 is 0 Å². The number of carbonyl (C=O) groups is 1. The summed E-state index contributed by atoms with van der Waals surface area (Å²) in [6.45, 7) is 0. The molecule has 0 fully saturated rings. The number of hydrogen-bond donors (Lipinski definition) is 3. The molecule has 11 heteroatoms. The first-order chi connectivity index (χ1) is 12.0. The van der Waals surface area contributed by atoms with Crippen LogP contribution >= 0.6 is 11.8 Å². The number of nitrogens with zero attached hydrogens (tertiary/aromatic N) is 3. The highest BCUT2D eigenvalue weighted by Crippen LogP contribution is 2.25. The molecule has 2 aromatic rings. The van der Waals surface area contributed by atoms with Crippen molar-refractivity contribution in [2.75, 3.05) is 5.75 Å². The van der Waals surface area contributed by atoms with E-state index < -0.39 is 12.3 Å². The minimum absolute atomic E-state index is 0.106. The number of nitrogens with one attached hydrogen (secondary N) is 1. The Labute approximate surface area is 145 Å². The summed E-state index contributed by atoms with van der Waals surface area (Å²) < 4.78 is 30.1. The Morgan fingerprint density at radius 2 is 2.24 bits per heavy atom. The van der Waals surface area contributed by atoms with E-state index >= 15 is 0 Å². The molecule has 0 atom stereocenters. The van der Waals surface area contributed by atoms with Gasteiger partial charge in [0.25, 0.3) is 6.43 Å². The van der Waals surface area contributed by atoms with Gasteiger partial charge < -0.3 is 5.73 Å². The Bertz CT molecular complexity index is 754. The van der Waals surface area contributed by atoms with Gasteiger partial charge in [-0.2, -0.15) is 0 Å². The van der Waals surface area contributed by atoms with Crippen LogP contribution in [0.5, 0.6) is 0 Å². The van der Waals surface area contributed by atoms with Gasteiger partial charge in [-0.25, -0.2) is 18.4 Å². The minimum Gasteiger partial charge on any atom is -0.370 e. The van der Waals surface area contributed by atoms with Gasteiger partial charge in [-0.3, -0.25) is 15.5 Å². The first kappa shape index (κ1) is 18.8. The Hall–Kier alpha value is -2.53. The molecule has 0 aliphatic heterocycles. The Balaban J connectivity index is 2.16. The standard InChI is InChI=1S/C14H15F2N5O3S/c15-12(16)8-3-1-4-9(7-8)18-13(19-23)11-14(21-24-20-11)25-6-2-5-10(17)22/h1,3-4,7,12,23H,2,5-6H2,(H2,17,22)(H,18,19). The predicted octanol–water partition coefficient (Wildman–Crippen LogP) is 2.42. The molecule has 0 unspecified atom stereocenters. The van der Waals surface area contributed by atoms with E-state index in [2.05, 4.69) is 19.9 Å². The summed E-state index contributed by atoms with van der Waals surface area (Å²) in [5.41, 5.74) is 7.04. The number of primary amides is 1. The maximum atomic E-state index is 12.7. The molecule has 1 aromatic heterocycles. The fourth-order valence-electron chi connectivity index (χ4n) is 1.83. The quantitative estimate of drug-likeness (QED) is 0.214. The monoisotopic (exact) mass is 371 g/mol. The van der Waals surface area contributed by atoms with Gasteiger partial charge in [-0.15, -0.1) is 11.8 Å². The molecule has 0 saturated heterocycles. The smallest absolute Gasteiger partial charge is 0.263 e. The van der Waals surface area contributed by atoms with Crippen LogP contribution in [0, 0.1) is 0 Å². The first-order valence-electron chi connectivity index (χ1n) is 7.12. The van der Waals surface area contributed by atoms with Crippen molar-refractivity contribution < 1.29 is 23.4 Å². The molecule has 8 nitrogen and oxygen atoms in total. The molecule has 25 heavy (non-hydrogen) atoms. The third kappa shape index (κ3) is 5.50. The number of hydrogen-bond acceptors (Lipinski definition) is 7. The molecular weight excluding hydrogens is 356 g/mol. The van der Waals surface area contributed by atoms with Crippen molar-refractivity contribution in [2.45, 2.75) is 24.3 Å². The number of thioether (sulfide) groups is 1. The summed E-state index contributed by atoms with van der Waals surface area (Å²) >= 11 is 1.23. The molecule has 0 aliphatic rings. The van der Waals surface area contributed by atoms with E-state index in [1.807, 2.05) is 5.48 Å². The molecule has 0 saturated carbocycles. The summed E-state index contributed by atoms with van der Waals surface area (Å²) in [5, 5.41) is 17.0. The zero-order valence-corrected chi connectivity index (χ0v) is 13.7. The van der Waals surface area contributed by atoms with E-state index in [-0.39, 0.29) is 29.2 Å². The maximum Gasteiger partial charge on any atom is 0.263 e. The summed E-state index contributed by atoms with van der Waals surface area (Å²) in [6, 6.07) is 5.38. The van der Waals surface area contributed by atoms with Crippen molar-refractivity contribution in [1.29, 1.82) is 0 Å². The number of hydroxylamine groups is 1. The van der Waals surface area contributed by atoms with Crippen LogP contribution in [0.25, 0.3) is 0 Å². The number of halogens is 2. The second-order valence-corrected chi connectivity index (χ2v) is 5.89. The van der Waals surface area contributed by atoms with Crippen LogP contribution in [0.1, 0.15) is 30.5 Å². The summed E-state index contributed by atoms with van der Waals surface area (Å²) in [4.78, 5) is 14.8. The summed E-state index contributed by atoms with van der Waals surface area (Å²) in [5.74, 6) is 0.00588. The normalized spacial score (nSPS) is 11.8. The summed E-state index contributed by atoms with van der Waals surface area (Å²) in [6.07, 6.45) is -1.87. The lowest BCUT2D eigenvalue weighted by molar-refractivity contribution is -0.118. The van der Waals surface area contributed by atoms with E-state index in [9.17, 15) is 18.8 Å². The van der Waals surface area contributed by atoms with Crippen LogP contribution in [0.2, 0.25) is 0 Å². The molecule has 134 valence electrons. The van der Waals surface area contributed by atoms with Gasteiger partial charge in [0.1, 0.15) is 0 Å². The molecule has 0 bridgehead atoms. The van der Waals surface area contributed by atoms with Gasteiger partial charge in [-0.1, -0.05) is 12.1 Å². The second kappa shape index (κ2) is 9.08. The lowest BCUT2D eigenvalue weighted by Gasteiger charge is -2.04. The highest BCUT2D eigenvalue weighted by atomic mass is 32.2. The van der Waals surface area contributed by atoms with Gasteiger partial charge in [0.2, 0.25) is 5.91 Å². The third-order valence-electron chi connectivity index (χ3n) is 2.96. The molecular formula is C14H15F2N5O3S. The Morgan fingerprint density at radius 3 is 2.92 bits per heavy atom. The van der Waals surface area contributed by atoms with Crippen LogP contribution in [-0.2, 0) is 4.79 Å². The van der Waals surface area contributed by atoms with Crippen molar-refractivity contribution in [3.63, 3.8) is 0 Å². The minimum atomic E-state index is -2.63. The molecule has 1 amide bonds. The SMILES string of the molecule is NC(=O)CCCSc1nonc1C(=Nc1cccc(C(F)F)c1)NO. The topological polar surface area (TPSA) is 127 Å². The number of aromatic nitrogens is 2. The van der Waals surface area contributed by atoms with Crippen LogP contribution in [-0.4, -0.2) is 33.0 Å². The third-order valence-corrected chi connectivity index (χ3v) is 3.99. The largest absolute Gasteiger partial charge is 0.370 e. The van der Waals surface area contributed by atoms with E-state index in [4.69, 9.17) is 5.73 Å². The average molecular weight is 371 g/mol. The van der Waals surface area contributed by atoms with E-state index in [1.165, 1.54) is 36.0 Å². The van der Waals surface area contributed by atoms with Crippen molar-refractivity contribution in [2.24, 2.45) is 10.7 Å².